The molecule has 0 radical (unpaired) electrons. The quantitative estimate of drug-likeness (QED) is 0.205. The highest BCUT2D eigenvalue weighted by Crippen LogP contribution is 2.39. The van der Waals surface area contributed by atoms with Crippen LogP contribution in [0.1, 0.15) is 71.5 Å². The van der Waals surface area contributed by atoms with E-state index in [1.807, 2.05) is 36.4 Å². The van der Waals surface area contributed by atoms with Crippen LogP contribution in [0.25, 0.3) is 21.8 Å². The minimum atomic E-state index is -0.422. The van der Waals surface area contributed by atoms with Crippen molar-refractivity contribution in [2.75, 3.05) is 26.0 Å². The van der Waals surface area contributed by atoms with Crippen LogP contribution >= 0.6 is 0 Å². The molecule has 0 amide bonds. The summed E-state index contributed by atoms with van der Waals surface area (Å²) in [5.41, 5.74) is 16.8. The van der Waals surface area contributed by atoms with Gasteiger partial charge in [-0.1, -0.05) is 66.7 Å². The molecule has 222 valence electrons. The van der Waals surface area contributed by atoms with E-state index in [-0.39, 0.29) is 6.04 Å². The second-order valence-corrected chi connectivity index (χ2v) is 12.1. The molecule has 43 heavy (non-hydrogen) atoms. The zero-order chi connectivity index (χ0) is 29.8. The Labute approximate surface area is 255 Å². The highest BCUT2D eigenvalue weighted by atomic mass is 16.3. The largest absolute Gasteiger partial charge is 0.388 e. The van der Waals surface area contributed by atoms with Gasteiger partial charge in [-0.05, 0) is 87.9 Å². The summed E-state index contributed by atoms with van der Waals surface area (Å²) < 4.78 is 0. The molecule has 0 saturated heterocycles. The van der Waals surface area contributed by atoms with E-state index in [9.17, 15) is 5.11 Å². The van der Waals surface area contributed by atoms with Gasteiger partial charge in [-0.15, -0.1) is 0 Å². The molecular weight excluding hydrogens is 530 g/mol. The predicted octanol–water partition coefficient (Wildman–Crippen LogP) is 6.89. The lowest BCUT2D eigenvalue weighted by atomic mass is 9.85. The molecule has 0 bridgehead atoms. The van der Waals surface area contributed by atoms with E-state index < -0.39 is 6.10 Å². The number of hydrogen-bond donors (Lipinski definition) is 3. The highest BCUT2D eigenvalue weighted by molar-refractivity contribution is 5.93. The molecule has 6 heteroatoms. The van der Waals surface area contributed by atoms with Gasteiger partial charge in [0.25, 0.3) is 0 Å². The van der Waals surface area contributed by atoms with Crippen molar-refractivity contribution in [2.24, 2.45) is 5.73 Å². The van der Waals surface area contributed by atoms with Crippen LogP contribution in [0.4, 0.5) is 5.69 Å². The second-order valence-electron chi connectivity index (χ2n) is 12.1. The molecule has 0 aliphatic heterocycles. The number of likely N-dealkylation sites (N-methyl/N-ethyl adjacent to an activating group) is 1. The summed E-state index contributed by atoms with van der Waals surface area (Å²) in [5.74, 6) is 0. The number of benzene rings is 3. The molecule has 2 atom stereocenters. The van der Waals surface area contributed by atoms with Crippen LogP contribution in [-0.4, -0.2) is 40.6 Å². The van der Waals surface area contributed by atoms with Gasteiger partial charge in [-0.2, -0.15) is 0 Å². The van der Waals surface area contributed by atoms with Crippen molar-refractivity contribution in [3.63, 3.8) is 0 Å². The fourth-order valence-electron chi connectivity index (χ4n) is 6.63. The van der Waals surface area contributed by atoms with Crippen molar-refractivity contribution in [1.29, 1.82) is 0 Å². The SMILES string of the molecule is CN(C)CCc1c2c(nc3ccccc13)CCCC2N.OC1CCCc2nc3ccccc3c(NCc3ccccc3)c21. The van der Waals surface area contributed by atoms with Crippen LogP contribution in [0.3, 0.4) is 0 Å². The van der Waals surface area contributed by atoms with Gasteiger partial charge in [0.2, 0.25) is 0 Å². The average molecular weight is 574 g/mol. The first-order valence-corrected chi connectivity index (χ1v) is 15.7. The van der Waals surface area contributed by atoms with E-state index in [0.717, 1.165) is 91.4 Å². The minimum Gasteiger partial charge on any atom is -0.388 e. The van der Waals surface area contributed by atoms with Gasteiger partial charge in [-0.3, -0.25) is 9.97 Å². The first-order chi connectivity index (χ1) is 21.0. The van der Waals surface area contributed by atoms with E-state index in [4.69, 9.17) is 15.7 Å². The van der Waals surface area contributed by atoms with E-state index in [1.54, 1.807) is 0 Å². The van der Waals surface area contributed by atoms with Crippen LogP contribution in [0.15, 0.2) is 78.9 Å². The van der Waals surface area contributed by atoms with Crippen LogP contribution < -0.4 is 11.1 Å². The number of aromatic nitrogens is 2. The van der Waals surface area contributed by atoms with Crippen molar-refractivity contribution < 1.29 is 5.11 Å². The molecule has 2 aliphatic carbocycles. The number of aryl methyl sites for hydroxylation is 2. The smallest absolute Gasteiger partial charge is 0.0828 e. The maximum Gasteiger partial charge on any atom is 0.0828 e. The van der Waals surface area contributed by atoms with Gasteiger partial charge >= 0.3 is 0 Å². The van der Waals surface area contributed by atoms with Crippen molar-refractivity contribution in [1.82, 2.24) is 14.9 Å². The lowest BCUT2D eigenvalue weighted by molar-refractivity contribution is 0.156. The number of anilines is 1. The maximum absolute atomic E-state index is 10.5. The number of para-hydroxylation sites is 2. The summed E-state index contributed by atoms with van der Waals surface area (Å²) in [4.78, 5) is 11.9. The summed E-state index contributed by atoms with van der Waals surface area (Å²) in [6, 6.07) is 27.2. The lowest BCUT2D eigenvalue weighted by Gasteiger charge is -2.26. The summed E-state index contributed by atoms with van der Waals surface area (Å²) in [6.45, 7) is 1.79. The number of hydrogen-bond acceptors (Lipinski definition) is 6. The van der Waals surface area contributed by atoms with E-state index in [2.05, 4.69) is 66.8 Å². The maximum atomic E-state index is 10.5. The van der Waals surface area contributed by atoms with Gasteiger partial charge in [0.15, 0.2) is 0 Å². The van der Waals surface area contributed by atoms with Crippen molar-refractivity contribution in [2.45, 2.75) is 63.6 Å². The van der Waals surface area contributed by atoms with Gasteiger partial charge < -0.3 is 21.1 Å². The number of aliphatic hydroxyl groups is 1. The van der Waals surface area contributed by atoms with Gasteiger partial charge in [0.05, 0.1) is 22.8 Å². The number of nitrogens with two attached hydrogens (primary N) is 1. The number of fused-ring (bicyclic) bond motifs is 4. The summed E-state index contributed by atoms with van der Waals surface area (Å²) in [6.07, 6.45) is 6.69. The van der Waals surface area contributed by atoms with Crippen molar-refractivity contribution in [3.05, 3.63) is 113 Å². The molecule has 0 spiro atoms. The molecule has 5 aromatic rings. The molecule has 0 fully saturated rings. The normalized spacial score (nSPS) is 17.7. The lowest BCUT2D eigenvalue weighted by Crippen LogP contribution is -2.23. The second kappa shape index (κ2) is 13.2. The highest BCUT2D eigenvalue weighted by Gasteiger charge is 2.25. The first-order valence-electron chi connectivity index (χ1n) is 15.7. The average Bonchev–Trinajstić information content (AvgIpc) is 3.02. The fourth-order valence-corrected chi connectivity index (χ4v) is 6.63. The number of nitrogens with one attached hydrogen (secondary N) is 1. The van der Waals surface area contributed by atoms with Crippen LogP contribution in [-0.2, 0) is 25.8 Å². The van der Waals surface area contributed by atoms with Crippen LogP contribution in [0.2, 0.25) is 0 Å². The Morgan fingerprint density at radius 3 is 2.12 bits per heavy atom. The molecule has 0 saturated carbocycles. The Morgan fingerprint density at radius 2 is 1.40 bits per heavy atom. The molecule has 3 aromatic carbocycles. The Kier molecular flexibility index (Phi) is 8.98. The zero-order valence-corrected chi connectivity index (χ0v) is 25.4. The predicted molar refractivity (Wildman–Crippen MR) is 177 cm³/mol. The third-order valence-corrected chi connectivity index (χ3v) is 8.77. The minimum absolute atomic E-state index is 0.160. The van der Waals surface area contributed by atoms with E-state index >= 15 is 0 Å². The summed E-state index contributed by atoms with van der Waals surface area (Å²) in [7, 11) is 4.24. The van der Waals surface area contributed by atoms with E-state index in [1.165, 1.54) is 27.8 Å². The standard InChI is InChI=1S/C20H20N2O.C17H23N3/c23-18-12-6-11-17-19(18)20(15-9-4-5-10-16(15)22-17)21-13-14-7-2-1-3-8-14;1-20(2)11-10-13-12-6-3-4-8-15(12)19-16-9-5-7-14(18)17(13)16/h1-5,7-10,18,23H,6,11-13H2,(H,21,22);3-4,6,8,14H,5,7,9-11,18H2,1-2H3. The first kappa shape index (κ1) is 29.2. The number of nitrogens with zero attached hydrogens (tertiary/aromatic N) is 3. The number of rotatable bonds is 6. The third-order valence-electron chi connectivity index (χ3n) is 8.77. The van der Waals surface area contributed by atoms with Gasteiger partial charge in [0.1, 0.15) is 0 Å². The Morgan fingerprint density at radius 1 is 0.791 bits per heavy atom. The molecule has 6 nitrogen and oxygen atoms in total. The van der Waals surface area contributed by atoms with Crippen molar-refractivity contribution >= 4 is 27.5 Å². The topological polar surface area (TPSA) is 87.3 Å². The molecule has 7 rings (SSSR count). The van der Waals surface area contributed by atoms with Crippen LogP contribution in [0, 0.1) is 0 Å². The third kappa shape index (κ3) is 6.42. The Hall–Kier alpha value is -3.84. The molecule has 2 unspecified atom stereocenters. The van der Waals surface area contributed by atoms with Gasteiger partial charge in [-0.25, -0.2) is 0 Å². The Bertz CT molecular complexity index is 1700. The summed E-state index contributed by atoms with van der Waals surface area (Å²) in [5, 5.41) is 16.5. The van der Waals surface area contributed by atoms with E-state index in [0.29, 0.717) is 0 Å². The zero-order valence-electron chi connectivity index (χ0n) is 25.4. The monoisotopic (exact) mass is 573 g/mol. The van der Waals surface area contributed by atoms with Crippen LogP contribution in [0.5, 0.6) is 0 Å². The van der Waals surface area contributed by atoms with Crippen molar-refractivity contribution in [3.8, 4) is 0 Å². The number of pyridine rings is 2. The molecule has 2 aromatic heterocycles. The molecule has 2 aliphatic rings. The molecule has 2 heterocycles. The molecule has 4 N–H and O–H groups in total. The summed E-state index contributed by atoms with van der Waals surface area (Å²) >= 11 is 0. The fraction of sp³-hybridized carbons (Fsp3) is 0.351. The Balaban J connectivity index is 0.000000155. The number of aliphatic hydroxyl groups excluding tert-OH is 1. The molecular formula is C37H43N5O. The van der Waals surface area contributed by atoms with Gasteiger partial charge in [0, 0.05) is 46.9 Å².